The fourth-order valence-electron chi connectivity index (χ4n) is 3.35. The molecule has 0 aliphatic carbocycles. The van der Waals surface area contributed by atoms with Gasteiger partial charge < -0.3 is 9.47 Å². The van der Waals surface area contributed by atoms with Crippen molar-refractivity contribution < 1.29 is 19.2 Å². The molecule has 0 amide bonds. The van der Waals surface area contributed by atoms with E-state index in [1.54, 1.807) is 12.1 Å². The van der Waals surface area contributed by atoms with Gasteiger partial charge >= 0.3 is 5.97 Å². The second-order valence-electron chi connectivity index (χ2n) is 9.72. The van der Waals surface area contributed by atoms with Crippen molar-refractivity contribution >= 4 is 11.7 Å². The molecule has 2 aromatic rings. The summed E-state index contributed by atoms with van der Waals surface area (Å²) in [6, 6.07) is 12.5. The minimum absolute atomic E-state index is 0.0131. The van der Waals surface area contributed by atoms with E-state index in [4.69, 9.17) is 9.47 Å². The van der Waals surface area contributed by atoms with Gasteiger partial charge in [0.1, 0.15) is 12.4 Å². The van der Waals surface area contributed by atoms with Crippen LogP contribution in [0.15, 0.2) is 42.5 Å². The Hall–Kier alpha value is -2.89. The van der Waals surface area contributed by atoms with Crippen LogP contribution in [0.25, 0.3) is 0 Å². The topological polar surface area (TPSA) is 78.7 Å². The molecule has 0 aliphatic heterocycles. The largest absolute Gasteiger partial charge is 0.493 e. The van der Waals surface area contributed by atoms with Crippen molar-refractivity contribution in [3.63, 3.8) is 0 Å². The highest BCUT2D eigenvalue weighted by molar-refractivity contribution is 5.69. The molecule has 6 heteroatoms. The summed E-state index contributed by atoms with van der Waals surface area (Å²) < 4.78 is 11.4. The van der Waals surface area contributed by atoms with Gasteiger partial charge in [-0.25, -0.2) is 0 Å². The highest BCUT2D eigenvalue weighted by atomic mass is 16.6. The Kier molecular flexibility index (Phi) is 9.03. The maximum Gasteiger partial charge on any atom is 0.306 e. The first-order chi connectivity index (χ1) is 15.5. The van der Waals surface area contributed by atoms with Crippen molar-refractivity contribution in [1.29, 1.82) is 0 Å². The Morgan fingerprint density at radius 2 is 1.61 bits per heavy atom. The number of ether oxygens (including phenoxy) is 2. The van der Waals surface area contributed by atoms with Gasteiger partial charge in [0.05, 0.1) is 11.5 Å². The molecule has 0 fully saturated rings. The smallest absolute Gasteiger partial charge is 0.306 e. The lowest BCUT2D eigenvalue weighted by atomic mass is 9.76. The number of nitro benzene ring substituents is 1. The zero-order valence-electron chi connectivity index (χ0n) is 20.8. The van der Waals surface area contributed by atoms with Crippen LogP contribution in [0, 0.1) is 10.1 Å². The molecule has 0 unspecified atom stereocenters. The predicted molar refractivity (Wildman–Crippen MR) is 131 cm³/mol. The summed E-state index contributed by atoms with van der Waals surface area (Å²) in [5.41, 5.74) is 3.32. The molecule has 0 radical (unpaired) electrons. The average Bonchev–Trinajstić information content (AvgIpc) is 2.80. The lowest BCUT2D eigenvalue weighted by molar-refractivity contribution is -0.384. The standard InChI is InChI=1S/C27H37NO5/c1-7-26(3,4)21-13-16-24(23(18-21)27(5,6)8-2)32-17-9-10-25(29)33-19-20-11-14-22(15-12-20)28(30)31/h11-16,18H,7-10,17,19H2,1-6H3. The third kappa shape index (κ3) is 7.31. The summed E-state index contributed by atoms with van der Waals surface area (Å²) in [6.07, 6.45) is 2.85. The number of nitrogens with zero attached hydrogens (tertiary/aromatic N) is 1. The van der Waals surface area contributed by atoms with E-state index < -0.39 is 4.92 Å². The van der Waals surface area contributed by atoms with Crippen LogP contribution < -0.4 is 4.74 Å². The molecule has 2 aromatic carbocycles. The molecule has 6 nitrogen and oxygen atoms in total. The average molecular weight is 456 g/mol. The van der Waals surface area contributed by atoms with E-state index in [1.807, 2.05) is 0 Å². The first-order valence-corrected chi connectivity index (χ1v) is 11.7. The van der Waals surface area contributed by atoms with Crippen molar-refractivity contribution in [1.82, 2.24) is 0 Å². The van der Waals surface area contributed by atoms with E-state index in [1.165, 1.54) is 23.3 Å². The maximum atomic E-state index is 12.1. The predicted octanol–water partition coefficient (Wildman–Crippen LogP) is 6.87. The van der Waals surface area contributed by atoms with Crippen LogP contribution in [0.2, 0.25) is 0 Å². The minimum Gasteiger partial charge on any atom is -0.493 e. The Bertz CT molecular complexity index is 947. The first-order valence-electron chi connectivity index (χ1n) is 11.7. The van der Waals surface area contributed by atoms with Crippen molar-refractivity contribution in [2.45, 2.75) is 84.7 Å². The molecule has 0 spiro atoms. The zero-order chi connectivity index (χ0) is 24.6. The number of hydrogen-bond donors (Lipinski definition) is 0. The lowest BCUT2D eigenvalue weighted by Crippen LogP contribution is -2.21. The van der Waals surface area contributed by atoms with Gasteiger partial charge in [-0.05, 0) is 59.4 Å². The van der Waals surface area contributed by atoms with Crippen LogP contribution in [0.3, 0.4) is 0 Å². The van der Waals surface area contributed by atoms with Gasteiger partial charge in [-0.15, -0.1) is 0 Å². The Balaban J connectivity index is 1.91. The molecule has 0 heterocycles. The molecule has 2 rings (SSSR count). The third-order valence-electron chi connectivity index (χ3n) is 6.59. The number of esters is 1. The van der Waals surface area contributed by atoms with E-state index >= 15 is 0 Å². The minimum atomic E-state index is -0.457. The maximum absolute atomic E-state index is 12.1. The van der Waals surface area contributed by atoms with Gasteiger partial charge in [-0.1, -0.05) is 53.7 Å². The van der Waals surface area contributed by atoms with Crippen LogP contribution in [-0.4, -0.2) is 17.5 Å². The molecular weight excluding hydrogens is 418 g/mol. The highest BCUT2D eigenvalue weighted by Crippen LogP contribution is 2.38. The molecular formula is C27H37NO5. The van der Waals surface area contributed by atoms with E-state index in [-0.39, 0.29) is 35.5 Å². The zero-order valence-corrected chi connectivity index (χ0v) is 20.8. The highest BCUT2D eigenvalue weighted by Gasteiger charge is 2.26. The van der Waals surface area contributed by atoms with Gasteiger partial charge in [0.25, 0.3) is 5.69 Å². The number of nitro groups is 1. The molecule has 180 valence electrons. The second kappa shape index (κ2) is 11.3. The molecule has 0 atom stereocenters. The molecule has 33 heavy (non-hydrogen) atoms. The number of hydrogen-bond acceptors (Lipinski definition) is 5. The van der Waals surface area contributed by atoms with Crippen LogP contribution in [0.1, 0.15) is 83.9 Å². The van der Waals surface area contributed by atoms with Crippen LogP contribution >= 0.6 is 0 Å². The van der Waals surface area contributed by atoms with Gasteiger partial charge in [-0.2, -0.15) is 0 Å². The normalized spacial score (nSPS) is 11.8. The quantitative estimate of drug-likeness (QED) is 0.151. The van der Waals surface area contributed by atoms with Crippen molar-refractivity contribution in [2.75, 3.05) is 6.61 Å². The summed E-state index contributed by atoms with van der Waals surface area (Å²) in [4.78, 5) is 22.3. The second-order valence-corrected chi connectivity index (χ2v) is 9.72. The number of carbonyl (C=O) groups excluding carboxylic acids is 1. The van der Waals surface area contributed by atoms with E-state index in [2.05, 4.69) is 59.7 Å². The van der Waals surface area contributed by atoms with Crippen molar-refractivity contribution in [3.05, 3.63) is 69.3 Å². The summed E-state index contributed by atoms with van der Waals surface area (Å²) in [7, 11) is 0. The molecule has 0 bridgehead atoms. The fraction of sp³-hybridized carbons (Fsp3) is 0.519. The van der Waals surface area contributed by atoms with Crippen LogP contribution in [0.5, 0.6) is 5.75 Å². The SMILES string of the molecule is CCC(C)(C)c1ccc(OCCCC(=O)OCc2ccc([N+](=O)[O-])cc2)c(C(C)(C)CC)c1. The fourth-order valence-corrected chi connectivity index (χ4v) is 3.35. The molecule has 0 aliphatic rings. The van der Waals surface area contributed by atoms with Gasteiger partial charge in [-0.3, -0.25) is 14.9 Å². The Morgan fingerprint density at radius 3 is 2.18 bits per heavy atom. The summed E-state index contributed by atoms with van der Waals surface area (Å²) in [6.45, 7) is 13.9. The number of rotatable bonds is 12. The molecule has 0 N–H and O–H groups in total. The third-order valence-corrected chi connectivity index (χ3v) is 6.59. The number of carbonyl (C=O) groups is 1. The lowest BCUT2D eigenvalue weighted by Gasteiger charge is -2.30. The monoisotopic (exact) mass is 455 g/mol. The van der Waals surface area contributed by atoms with Gasteiger partial charge in [0, 0.05) is 24.1 Å². The molecule has 0 saturated heterocycles. The number of benzene rings is 2. The van der Waals surface area contributed by atoms with E-state index in [9.17, 15) is 14.9 Å². The summed E-state index contributed by atoms with van der Waals surface area (Å²) in [5.74, 6) is 0.558. The first kappa shape index (κ1) is 26.4. The molecule has 0 aromatic heterocycles. The van der Waals surface area contributed by atoms with Crippen molar-refractivity contribution in [2.24, 2.45) is 0 Å². The van der Waals surface area contributed by atoms with Gasteiger partial charge in [0.15, 0.2) is 0 Å². The summed E-state index contributed by atoms with van der Waals surface area (Å²) in [5, 5.41) is 10.7. The van der Waals surface area contributed by atoms with Crippen LogP contribution in [-0.2, 0) is 27.0 Å². The Labute approximate surface area is 197 Å². The van der Waals surface area contributed by atoms with E-state index in [0.29, 0.717) is 18.6 Å². The van der Waals surface area contributed by atoms with Crippen molar-refractivity contribution in [3.8, 4) is 5.75 Å². The molecule has 0 saturated carbocycles. The summed E-state index contributed by atoms with van der Waals surface area (Å²) >= 11 is 0. The van der Waals surface area contributed by atoms with Gasteiger partial charge in [0.2, 0.25) is 0 Å². The van der Waals surface area contributed by atoms with Crippen LogP contribution in [0.4, 0.5) is 5.69 Å². The number of non-ortho nitro benzene ring substituents is 1. The van der Waals surface area contributed by atoms with E-state index in [0.717, 1.165) is 18.6 Å². The Morgan fingerprint density at radius 1 is 0.970 bits per heavy atom.